The smallest absolute Gasteiger partial charge is 0.171 e. The minimum atomic E-state index is 0.492. The number of likely N-dealkylation sites (tertiary alicyclic amines) is 1. The lowest BCUT2D eigenvalue weighted by atomic mass is 10.1. The molecular weight excluding hydrogens is 334 g/mol. The zero-order valence-corrected chi connectivity index (χ0v) is 16.0. The highest BCUT2D eigenvalue weighted by Gasteiger charge is 2.28. The average Bonchev–Trinajstić information content (AvgIpc) is 3.26. The number of hydrogen-bond donors (Lipinski definition) is 3. The van der Waals surface area contributed by atoms with E-state index in [1.165, 1.54) is 41.9 Å². The summed E-state index contributed by atoms with van der Waals surface area (Å²) in [5.74, 6) is 0. The molecule has 1 aliphatic heterocycles. The molecule has 24 heavy (non-hydrogen) atoms. The molecule has 1 aromatic carbocycles. The molecule has 3 N–H and O–H groups in total. The third-order valence-electron chi connectivity index (χ3n) is 4.94. The number of anilines is 1. The Kier molecular flexibility index (Phi) is 5.87. The number of nitrogens with one attached hydrogen (secondary N) is 3. The van der Waals surface area contributed by atoms with Crippen molar-refractivity contribution in [3.63, 3.8) is 0 Å². The van der Waals surface area contributed by atoms with Crippen LogP contribution in [0.2, 0.25) is 0 Å². The second-order valence-electron chi connectivity index (χ2n) is 6.52. The lowest BCUT2D eigenvalue weighted by Crippen LogP contribution is -3.11. The van der Waals surface area contributed by atoms with Crippen molar-refractivity contribution in [1.29, 1.82) is 0 Å². The first-order valence-corrected chi connectivity index (χ1v) is 9.93. The summed E-state index contributed by atoms with van der Waals surface area (Å²) in [6, 6.07) is 11.2. The molecule has 2 aromatic rings. The van der Waals surface area contributed by atoms with Gasteiger partial charge in [-0.05, 0) is 54.7 Å². The molecule has 0 spiro atoms. The van der Waals surface area contributed by atoms with Gasteiger partial charge in [0.1, 0.15) is 6.04 Å². The molecule has 0 amide bonds. The van der Waals surface area contributed by atoms with Crippen LogP contribution in [0.25, 0.3) is 0 Å². The predicted octanol–water partition coefficient (Wildman–Crippen LogP) is 3.07. The third-order valence-corrected chi connectivity index (χ3v) is 6.18. The van der Waals surface area contributed by atoms with Gasteiger partial charge in [0.25, 0.3) is 0 Å². The Morgan fingerprint density at radius 3 is 2.71 bits per heavy atom. The van der Waals surface area contributed by atoms with E-state index in [0.717, 1.165) is 12.2 Å². The maximum absolute atomic E-state index is 5.53. The van der Waals surface area contributed by atoms with Gasteiger partial charge in [-0.3, -0.25) is 0 Å². The average molecular weight is 361 g/mol. The molecule has 1 atom stereocenters. The Morgan fingerprint density at radius 2 is 2.00 bits per heavy atom. The summed E-state index contributed by atoms with van der Waals surface area (Å²) < 4.78 is 0. The maximum Gasteiger partial charge on any atom is 0.171 e. The van der Waals surface area contributed by atoms with Crippen LogP contribution in [-0.4, -0.2) is 24.7 Å². The molecule has 1 aromatic heterocycles. The minimum absolute atomic E-state index is 0.492. The summed E-state index contributed by atoms with van der Waals surface area (Å²) in [4.78, 5) is 3.13. The van der Waals surface area contributed by atoms with Crippen LogP contribution in [0.15, 0.2) is 35.7 Å². The summed E-state index contributed by atoms with van der Waals surface area (Å²) >= 11 is 7.39. The number of aryl methyl sites for hydroxylation is 1. The van der Waals surface area contributed by atoms with Crippen LogP contribution in [0.1, 0.15) is 34.9 Å². The number of rotatable bonds is 5. The molecule has 5 heteroatoms. The summed E-state index contributed by atoms with van der Waals surface area (Å²) in [6.45, 7) is 7.67. The molecule has 128 valence electrons. The van der Waals surface area contributed by atoms with Gasteiger partial charge in [-0.15, -0.1) is 11.3 Å². The van der Waals surface area contributed by atoms with Crippen molar-refractivity contribution in [2.75, 3.05) is 25.0 Å². The zero-order valence-electron chi connectivity index (χ0n) is 14.4. The van der Waals surface area contributed by atoms with Gasteiger partial charge in [0.15, 0.2) is 5.11 Å². The van der Waals surface area contributed by atoms with Gasteiger partial charge < -0.3 is 15.5 Å². The van der Waals surface area contributed by atoms with Gasteiger partial charge in [-0.25, -0.2) is 0 Å². The van der Waals surface area contributed by atoms with Gasteiger partial charge in [-0.2, -0.15) is 0 Å². The Bertz CT molecular complexity index is 676. The first-order valence-electron chi connectivity index (χ1n) is 8.64. The fourth-order valence-electron chi connectivity index (χ4n) is 3.36. The number of quaternary nitrogens is 1. The van der Waals surface area contributed by atoms with E-state index >= 15 is 0 Å². The second kappa shape index (κ2) is 8.10. The highest BCUT2D eigenvalue weighted by atomic mass is 32.1. The molecule has 1 saturated heterocycles. The summed E-state index contributed by atoms with van der Waals surface area (Å²) in [5, 5.41) is 9.69. The van der Waals surface area contributed by atoms with Crippen molar-refractivity contribution in [1.82, 2.24) is 5.32 Å². The van der Waals surface area contributed by atoms with Crippen molar-refractivity contribution in [2.24, 2.45) is 0 Å². The largest absolute Gasteiger partial charge is 0.356 e. The van der Waals surface area contributed by atoms with Gasteiger partial charge in [0.2, 0.25) is 0 Å². The summed E-state index contributed by atoms with van der Waals surface area (Å²) in [6.07, 6.45) is 2.67. The minimum Gasteiger partial charge on any atom is -0.356 e. The normalized spacial score (nSPS) is 16.1. The topological polar surface area (TPSA) is 28.5 Å². The fourth-order valence-corrected chi connectivity index (χ4v) is 4.44. The Labute approximate surface area is 154 Å². The van der Waals surface area contributed by atoms with Crippen LogP contribution >= 0.6 is 23.6 Å². The van der Waals surface area contributed by atoms with Crippen LogP contribution in [0.4, 0.5) is 5.69 Å². The number of hydrogen-bond acceptors (Lipinski definition) is 2. The maximum atomic E-state index is 5.53. The van der Waals surface area contributed by atoms with Gasteiger partial charge in [0.05, 0.1) is 24.5 Å². The molecule has 3 rings (SSSR count). The molecule has 0 aliphatic carbocycles. The molecular formula is C19H26N3S2+. The van der Waals surface area contributed by atoms with E-state index in [9.17, 15) is 0 Å². The summed E-state index contributed by atoms with van der Waals surface area (Å²) in [5.41, 5.74) is 3.62. The van der Waals surface area contributed by atoms with E-state index < -0.39 is 0 Å². The van der Waals surface area contributed by atoms with Gasteiger partial charge in [0, 0.05) is 18.5 Å². The van der Waals surface area contributed by atoms with Crippen LogP contribution in [-0.2, 0) is 0 Å². The van der Waals surface area contributed by atoms with E-state index in [1.54, 1.807) is 4.90 Å². The van der Waals surface area contributed by atoms with Crippen LogP contribution < -0.4 is 15.5 Å². The lowest BCUT2D eigenvalue weighted by Gasteiger charge is -2.24. The number of thiocarbonyl (C=S) groups is 1. The Balaban J connectivity index is 1.62. The zero-order chi connectivity index (χ0) is 16.9. The predicted molar refractivity (Wildman–Crippen MR) is 107 cm³/mol. The molecule has 0 bridgehead atoms. The third kappa shape index (κ3) is 4.15. The Hall–Kier alpha value is -1.43. The van der Waals surface area contributed by atoms with Crippen molar-refractivity contribution in [2.45, 2.75) is 32.7 Å². The molecule has 0 unspecified atom stereocenters. The van der Waals surface area contributed by atoms with E-state index in [1.807, 2.05) is 11.3 Å². The van der Waals surface area contributed by atoms with Gasteiger partial charge in [-0.1, -0.05) is 18.2 Å². The van der Waals surface area contributed by atoms with Crippen LogP contribution in [0.5, 0.6) is 0 Å². The SMILES string of the molecule is Cc1cccc(NC(=S)NC[C@@H](c2cccs2)[NH+]2CCCC2)c1C. The van der Waals surface area contributed by atoms with Crippen molar-refractivity contribution < 1.29 is 4.90 Å². The van der Waals surface area contributed by atoms with E-state index in [-0.39, 0.29) is 0 Å². The standard InChI is InChI=1S/C19H25N3S2/c1-14-7-5-8-16(15(14)2)21-19(23)20-13-17(18-9-6-12-24-18)22-10-3-4-11-22/h5-9,12,17H,3-4,10-11,13H2,1-2H3,(H2,20,21,23)/p+1/t17-/m0/s1. The van der Waals surface area contributed by atoms with Crippen molar-refractivity contribution in [3.05, 3.63) is 51.7 Å². The Morgan fingerprint density at radius 1 is 1.21 bits per heavy atom. The highest BCUT2D eigenvalue weighted by Crippen LogP contribution is 2.19. The van der Waals surface area contributed by atoms with Crippen molar-refractivity contribution in [3.8, 4) is 0 Å². The van der Waals surface area contributed by atoms with E-state index in [4.69, 9.17) is 12.2 Å². The van der Waals surface area contributed by atoms with E-state index in [0.29, 0.717) is 11.2 Å². The van der Waals surface area contributed by atoms with Crippen LogP contribution in [0.3, 0.4) is 0 Å². The van der Waals surface area contributed by atoms with Gasteiger partial charge >= 0.3 is 0 Å². The quantitative estimate of drug-likeness (QED) is 0.716. The molecule has 0 radical (unpaired) electrons. The molecule has 0 saturated carbocycles. The molecule has 1 aliphatic rings. The monoisotopic (exact) mass is 360 g/mol. The number of thiophene rings is 1. The molecule has 2 heterocycles. The number of benzene rings is 1. The first kappa shape index (κ1) is 17.4. The lowest BCUT2D eigenvalue weighted by molar-refractivity contribution is -0.918. The first-order chi connectivity index (χ1) is 11.6. The summed E-state index contributed by atoms with van der Waals surface area (Å²) in [7, 11) is 0. The second-order valence-corrected chi connectivity index (χ2v) is 7.90. The molecule has 1 fully saturated rings. The fraction of sp³-hybridized carbons (Fsp3) is 0.421. The highest BCUT2D eigenvalue weighted by molar-refractivity contribution is 7.80. The molecule has 3 nitrogen and oxygen atoms in total. The van der Waals surface area contributed by atoms with Crippen LogP contribution in [0, 0.1) is 13.8 Å². The van der Waals surface area contributed by atoms with Crippen molar-refractivity contribution >= 4 is 34.4 Å². The van der Waals surface area contributed by atoms with E-state index in [2.05, 4.69) is 60.2 Å².